The van der Waals surface area contributed by atoms with E-state index in [0.29, 0.717) is 15.1 Å². The molecule has 0 saturated carbocycles. The van der Waals surface area contributed by atoms with Gasteiger partial charge in [-0.2, -0.15) is 0 Å². The number of rotatable bonds is 19. The zero-order chi connectivity index (χ0) is 37.2. The van der Waals surface area contributed by atoms with Gasteiger partial charge < -0.3 is 39.1 Å². The summed E-state index contributed by atoms with van der Waals surface area (Å²) in [6.45, 7) is 5.82. The molecule has 0 radical (unpaired) electrons. The van der Waals surface area contributed by atoms with E-state index in [9.17, 15) is 19.2 Å². The van der Waals surface area contributed by atoms with Crippen molar-refractivity contribution in [3.63, 3.8) is 0 Å². The first-order chi connectivity index (χ1) is 24.5. The fourth-order valence-corrected chi connectivity index (χ4v) is 6.73. The minimum absolute atomic E-state index is 0.0150. The van der Waals surface area contributed by atoms with E-state index in [1.165, 1.54) is 25.2 Å². The van der Waals surface area contributed by atoms with Crippen LogP contribution in [0.15, 0.2) is 18.2 Å². The fraction of sp³-hybridized carbons (Fsp3) is 0.500. The molecule has 3 aromatic rings. The minimum Gasteiger partial charge on any atom is -0.493 e. The summed E-state index contributed by atoms with van der Waals surface area (Å²) in [5.41, 5.74) is 6.61. The number of methoxy groups -OCH3 is 2. The van der Waals surface area contributed by atoms with Gasteiger partial charge in [0.1, 0.15) is 0 Å². The van der Waals surface area contributed by atoms with Crippen LogP contribution in [0.25, 0.3) is 10.1 Å². The lowest BCUT2D eigenvalue weighted by molar-refractivity contribution is -0.153. The van der Waals surface area contributed by atoms with Crippen molar-refractivity contribution < 1.29 is 56.4 Å². The smallest absolute Gasteiger partial charge is 0.309 e. The molecule has 1 aliphatic heterocycles. The summed E-state index contributed by atoms with van der Waals surface area (Å²) in [5, 5.41) is 0.175. The zero-order valence-corrected chi connectivity index (χ0v) is 30.3. The SMILES string of the molecule is CCOC(=O)CCC(=O)c1cc2c(F)c(OCCCOc3c(OC)cc4c(c3F)CN(C(=O)C[C@H](C(=O)OCC)C(C)CN)C4)c(OC)cc2s1. The summed E-state index contributed by atoms with van der Waals surface area (Å²) in [5.74, 6) is -3.99. The molecule has 2 aromatic carbocycles. The Morgan fingerprint density at radius 3 is 2.18 bits per heavy atom. The predicted octanol–water partition coefficient (Wildman–Crippen LogP) is 5.58. The number of amides is 1. The summed E-state index contributed by atoms with van der Waals surface area (Å²) < 4.78 is 64.2. The number of ether oxygens (including phenoxy) is 6. The Kier molecular flexibility index (Phi) is 14.0. The van der Waals surface area contributed by atoms with Gasteiger partial charge in [0.05, 0.1) is 57.9 Å². The van der Waals surface area contributed by atoms with Crippen LogP contribution in [0.4, 0.5) is 8.78 Å². The van der Waals surface area contributed by atoms with E-state index in [-0.39, 0.29) is 123 Å². The number of esters is 2. The van der Waals surface area contributed by atoms with Crippen molar-refractivity contribution in [1.82, 2.24) is 4.90 Å². The lowest BCUT2D eigenvalue weighted by Gasteiger charge is -2.23. The van der Waals surface area contributed by atoms with Crippen LogP contribution in [-0.4, -0.2) is 75.7 Å². The molecular formula is C36H44F2N2O10S. The first kappa shape index (κ1) is 39.3. The van der Waals surface area contributed by atoms with E-state index < -0.39 is 29.5 Å². The molecule has 0 spiro atoms. The second-order valence-electron chi connectivity index (χ2n) is 11.9. The number of carbonyl (C=O) groups is 4. The van der Waals surface area contributed by atoms with Crippen LogP contribution < -0.4 is 24.7 Å². The highest BCUT2D eigenvalue weighted by Gasteiger charge is 2.34. The van der Waals surface area contributed by atoms with Crippen molar-refractivity contribution in [1.29, 1.82) is 0 Å². The third-order valence-electron chi connectivity index (χ3n) is 8.53. The Morgan fingerprint density at radius 1 is 0.902 bits per heavy atom. The van der Waals surface area contributed by atoms with Gasteiger partial charge in [-0.1, -0.05) is 6.92 Å². The quantitative estimate of drug-likeness (QED) is 0.0934. The van der Waals surface area contributed by atoms with Gasteiger partial charge >= 0.3 is 11.9 Å². The Morgan fingerprint density at radius 2 is 1.55 bits per heavy atom. The van der Waals surface area contributed by atoms with E-state index >= 15 is 8.78 Å². The Hall–Kier alpha value is -4.50. The average molecular weight is 735 g/mol. The molecule has 12 nitrogen and oxygen atoms in total. The molecule has 0 bridgehead atoms. The number of hydrogen-bond acceptors (Lipinski definition) is 12. The van der Waals surface area contributed by atoms with Gasteiger partial charge in [0, 0.05) is 54.1 Å². The molecule has 2 atom stereocenters. The molecule has 4 rings (SSSR count). The maximum absolute atomic E-state index is 15.8. The molecule has 0 aliphatic carbocycles. The Bertz CT molecular complexity index is 1750. The molecule has 15 heteroatoms. The molecule has 278 valence electrons. The van der Waals surface area contributed by atoms with Crippen molar-refractivity contribution in [3.8, 4) is 23.0 Å². The molecule has 1 aromatic heterocycles. The lowest BCUT2D eigenvalue weighted by atomic mass is 9.90. The normalized spacial score (nSPS) is 13.4. The number of Topliss-reactive ketones (excluding diaryl/α,β-unsaturated/α-hetero) is 1. The average Bonchev–Trinajstić information content (AvgIpc) is 3.76. The van der Waals surface area contributed by atoms with Crippen LogP contribution in [-0.2, 0) is 36.9 Å². The topological polar surface area (TPSA) is 153 Å². The van der Waals surface area contributed by atoms with Crippen LogP contribution in [0, 0.1) is 23.5 Å². The number of ketones is 1. The molecule has 51 heavy (non-hydrogen) atoms. The number of fused-ring (bicyclic) bond motifs is 2. The summed E-state index contributed by atoms with van der Waals surface area (Å²) >= 11 is 1.08. The Balaban J connectivity index is 1.38. The van der Waals surface area contributed by atoms with E-state index in [1.54, 1.807) is 32.9 Å². The number of carbonyl (C=O) groups excluding carboxylic acids is 4. The van der Waals surface area contributed by atoms with Crippen LogP contribution in [0.1, 0.15) is 67.3 Å². The molecule has 2 N–H and O–H groups in total. The van der Waals surface area contributed by atoms with Crippen LogP contribution >= 0.6 is 11.3 Å². The van der Waals surface area contributed by atoms with Crippen molar-refractivity contribution in [3.05, 3.63) is 45.8 Å². The second kappa shape index (κ2) is 18.1. The first-order valence-corrected chi connectivity index (χ1v) is 17.6. The number of thiophene rings is 1. The molecule has 0 fully saturated rings. The summed E-state index contributed by atoms with van der Waals surface area (Å²) in [6.07, 6.45) is -0.0303. The third-order valence-corrected chi connectivity index (χ3v) is 9.65. The summed E-state index contributed by atoms with van der Waals surface area (Å²) in [6, 6.07) is 4.62. The number of benzene rings is 2. The molecule has 1 aliphatic rings. The van der Waals surface area contributed by atoms with E-state index in [4.69, 9.17) is 34.2 Å². The molecule has 0 saturated heterocycles. The number of halogens is 2. The maximum Gasteiger partial charge on any atom is 0.309 e. The minimum atomic E-state index is -0.719. The fourth-order valence-electron chi connectivity index (χ4n) is 5.67. The molecule has 2 heterocycles. The van der Waals surface area contributed by atoms with Gasteiger partial charge in [-0.25, -0.2) is 8.78 Å². The van der Waals surface area contributed by atoms with Crippen molar-refractivity contribution in [2.24, 2.45) is 17.6 Å². The maximum atomic E-state index is 15.8. The second-order valence-corrected chi connectivity index (χ2v) is 13.0. The summed E-state index contributed by atoms with van der Waals surface area (Å²) in [7, 11) is 2.74. The molecule has 1 amide bonds. The standard InChI is InChI=1S/C36H44F2N2O10S/c1-6-47-31(43)10-9-25(41)29-14-23-28(51-29)16-27(46-5)35(32(23)37)50-12-8-11-49-34-26(45-4)13-21-18-40(19-24(21)33(34)38)30(42)15-22(20(3)17-39)36(44)48-7-2/h13-14,16,20,22H,6-12,15,17-19,39H2,1-5H3/t20?,22-/m0/s1. The number of hydrogen-bond donors (Lipinski definition) is 1. The monoisotopic (exact) mass is 734 g/mol. The van der Waals surface area contributed by atoms with Crippen LogP contribution in [0.5, 0.6) is 23.0 Å². The van der Waals surface area contributed by atoms with Crippen molar-refractivity contribution in [2.45, 2.75) is 59.5 Å². The van der Waals surface area contributed by atoms with Gasteiger partial charge in [0.25, 0.3) is 0 Å². The highest BCUT2D eigenvalue weighted by molar-refractivity contribution is 7.20. The zero-order valence-electron chi connectivity index (χ0n) is 29.4. The molecular weight excluding hydrogens is 690 g/mol. The van der Waals surface area contributed by atoms with E-state index in [1.807, 2.05) is 0 Å². The number of nitrogens with zero attached hydrogens (tertiary/aromatic N) is 1. The van der Waals surface area contributed by atoms with Crippen molar-refractivity contribution >= 4 is 45.1 Å². The highest BCUT2D eigenvalue weighted by Crippen LogP contribution is 2.41. The Labute approximate surface area is 299 Å². The van der Waals surface area contributed by atoms with Crippen LogP contribution in [0.2, 0.25) is 0 Å². The molecule has 1 unspecified atom stereocenters. The van der Waals surface area contributed by atoms with E-state index in [2.05, 4.69) is 0 Å². The van der Waals surface area contributed by atoms with Crippen LogP contribution in [0.3, 0.4) is 0 Å². The van der Waals surface area contributed by atoms with Gasteiger partial charge in [0.15, 0.2) is 40.4 Å². The van der Waals surface area contributed by atoms with Crippen molar-refractivity contribution in [2.75, 3.05) is 47.2 Å². The predicted molar refractivity (Wildman–Crippen MR) is 184 cm³/mol. The van der Waals surface area contributed by atoms with Gasteiger partial charge in [-0.15, -0.1) is 11.3 Å². The number of nitrogens with two attached hydrogens (primary N) is 1. The largest absolute Gasteiger partial charge is 0.493 e. The van der Waals surface area contributed by atoms with Gasteiger partial charge in [-0.05, 0) is 44.0 Å². The third kappa shape index (κ3) is 9.25. The van der Waals surface area contributed by atoms with Gasteiger partial charge in [-0.3, -0.25) is 19.2 Å². The first-order valence-electron chi connectivity index (χ1n) is 16.7. The van der Waals surface area contributed by atoms with Gasteiger partial charge in [0.2, 0.25) is 5.91 Å². The lowest BCUT2D eigenvalue weighted by Crippen LogP contribution is -2.35. The highest BCUT2D eigenvalue weighted by atomic mass is 32.1. The van der Waals surface area contributed by atoms with E-state index in [0.717, 1.165) is 11.3 Å². The summed E-state index contributed by atoms with van der Waals surface area (Å²) in [4.78, 5) is 51.8.